The third kappa shape index (κ3) is 4.34. The molecule has 2 N–H and O–H groups in total. The molecule has 0 fully saturated rings. The van der Waals surface area contributed by atoms with E-state index in [0.29, 0.717) is 18.8 Å². The average Bonchev–Trinajstić information content (AvgIpc) is 3.50. The maximum atomic E-state index is 12.1. The standard InChI is InChI=1S/C20H19N5O4/c26-18(16-6-3-13-28-16)21-9-10-22-19(27)20-23-17(24-29-20)8-12-25-11-7-14-4-1-2-5-15(14)25/h1-7,11,13H,8-10,12H2,(H,21,26)(H,22,27). The zero-order chi connectivity index (χ0) is 20.1. The van der Waals surface area contributed by atoms with E-state index in [-0.39, 0.29) is 30.6 Å². The van der Waals surface area contributed by atoms with E-state index in [1.807, 2.05) is 18.3 Å². The van der Waals surface area contributed by atoms with Gasteiger partial charge in [0, 0.05) is 37.8 Å². The fourth-order valence-corrected chi connectivity index (χ4v) is 2.93. The molecule has 29 heavy (non-hydrogen) atoms. The Bertz CT molecular complexity index is 1110. The predicted molar refractivity (Wildman–Crippen MR) is 103 cm³/mol. The molecule has 0 radical (unpaired) electrons. The Hall–Kier alpha value is -3.88. The molecule has 9 heteroatoms. The van der Waals surface area contributed by atoms with Gasteiger partial charge in [-0.3, -0.25) is 9.59 Å². The van der Waals surface area contributed by atoms with Gasteiger partial charge in [0.1, 0.15) is 0 Å². The molecule has 0 atom stereocenters. The first-order valence-corrected chi connectivity index (χ1v) is 9.17. The second-order valence-corrected chi connectivity index (χ2v) is 6.32. The summed E-state index contributed by atoms with van der Waals surface area (Å²) in [6.07, 6.45) is 3.96. The van der Waals surface area contributed by atoms with Crippen LogP contribution in [0.25, 0.3) is 10.9 Å². The Morgan fingerprint density at radius 1 is 1.00 bits per heavy atom. The number of fused-ring (bicyclic) bond motifs is 1. The molecule has 0 spiro atoms. The summed E-state index contributed by atoms with van der Waals surface area (Å²) in [5.74, 6) is -0.258. The van der Waals surface area contributed by atoms with Gasteiger partial charge in [-0.05, 0) is 29.7 Å². The molecular formula is C20H19N5O4. The number of carbonyl (C=O) groups excluding carboxylic acids is 2. The number of nitrogens with zero attached hydrogens (tertiary/aromatic N) is 3. The SMILES string of the molecule is O=C(NCCNC(=O)c1nc(CCn2ccc3ccccc32)no1)c1ccco1. The van der Waals surface area contributed by atoms with Crippen LogP contribution in [0, 0.1) is 0 Å². The average molecular weight is 393 g/mol. The van der Waals surface area contributed by atoms with Crippen molar-refractivity contribution < 1.29 is 18.5 Å². The van der Waals surface area contributed by atoms with Crippen molar-refractivity contribution in [2.45, 2.75) is 13.0 Å². The van der Waals surface area contributed by atoms with Crippen molar-refractivity contribution in [2.24, 2.45) is 0 Å². The third-order valence-electron chi connectivity index (χ3n) is 4.36. The van der Waals surface area contributed by atoms with Gasteiger partial charge in [-0.25, -0.2) is 0 Å². The van der Waals surface area contributed by atoms with E-state index in [1.54, 1.807) is 12.1 Å². The lowest BCUT2D eigenvalue weighted by molar-refractivity contribution is 0.0891. The minimum absolute atomic E-state index is 0.102. The minimum Gasteiger partial charge on any atom is -0.459 e. The zero-order valence-electron chi connectivity index (χ0n) is 15.5. The maximum absolute atomic E-state index is 12.1. The number of hydrogen-bond acceptors (Lipinski definition) is 6. The van der Waals surface area contributed by atoms with Crippen LogP contribution >= 0.6 is 0 Å². The van der Waals surface area contributed by atoms with Crippen molar-refractivity contribution in [2.75, 3.05) is 13.1 Å². The number of amides is 2. The van der Waals surface area contributed by atoms with Crippen molar-refractivity contribution in [1.29, 1.82) is 0 Å². The number of para-hydroxylation sites is 1. The molecule has 9 nitrogen and oxygen atoms in total. The van der Waals surface area contributed by atoms with E-state index < -0.39 is 5.91 Å². The second kappa shape index (κ2) is 8.42. The highest BCUT2D eigenvalue weighted by Crippen LogP contribution is 2.15. The molecule has 0 aliphatic carbocycles. The lowest BCUT2D eigenvalue weighted by Gasteiger charge is -2.03. The first kappa shape index (κ1) is 18.5. The number of furan rings is 1. The van der Waals surface area contributed by atoms with E-state index in [9.17, 15) is 9.59 Å². The molecule has 4 rings (SSSR count). The Kier molecular flexibility index (Phi) is 5.37. The molecule has 0 aliphatic heterocycles. The van der Waals surface area contributed by atoms with Crippen molar-refractivity contribution in [3.8, 4) is 0 Å². The van der Waals surface area contributed by atoms with Crippen LogP contribution in [0.4, 0.5) is 0 Å². The Morgan fingerprint density at radius 3 is 2.66 bits per heavy atom. The molecule has 3 aromatic heterocycles. The van der Waals surface area contributed by atoms with Crippen LogP contribution in [0.2, 0.25) is 0 Å². The van der Waals surface area contributed by atoms with Crippen LogP contribution in [0.5, 0.6) is 0 Å². The Morgan fingerprint density at radius 2 is 1.83 bits per heavy atom. The van der Waals surface area contributed by atoms with Crippen LogP contribution in [-0.2, 0) is 13.0 Å². The maximum Gasteiger partial charge on any atom is 0.315 e. The van der Waals surface area contributed by atoms with Crippen LogP contribution in [0.15, 0.2) is 63.9 Å². The Balaban J connectivity index is 1.24. The number of rotatable bonds is 8. The van der Waals surface area contributed by atoms with Gasteiger partial charge in [0.15, 0.2) is 11.6 Å². The van der Waals surface area contributed by atoms with E-state index in [4.69, 9.17) is 8.94 Å². The van der Waals surface area contributed by atoms with Gasteiger partial charge >= 0.3 is 11.8 Å². The fraction of sp³-hybridized carbons (Fsp3) is 0.200. The summed E-state index contributed by atoms with van der Waals surface area (Å²) in [6.45, 7) is 1.14. The van der Waals surface area contributed by atoms with Crippen molar-refractivity contribution >= 4 is 22.7 Å². The van der Waals surface area contributed by atoms with Gasteiger partial charge in [0.2, 0.25) is 0 Å². The molecule has 1 aromatic carbocycles. The number of nitrogens with one attached hydrogen (secondary N) is 2. The molecule has 2 amide bonds. The van der Waals surface area contributed by atoms with Crippen LogP contribution in [0.1, 0.15) is 27.1 Å². The van der Waals surface area contributed by atoms with Gasteiger partial charge in [-0.1, -0.05) is 23.4 Å². The number of aromatic nitrogens is 3. The topological polar surface area (TPSA) is 115 Å². The van der Waals surface area contributed by atoms with Gasteiger partial charge in [-0.15, -0.1) is 0 Å². The highest BCUT2D eigenvalue weighted by molar-refractivity contribution is 5.91. The molecular weight excluding hydrogens is 374 g/mol. The second-order valence-electron chi connectivity index (χ2n) is 6.32. The zero-order valence-corrected chi connectivity index (χ0v) is 15.5. The molecule has 4 aromatic rings. The summed E-state index contributed by atoms with van der Waals surface area (Å²) < 4.78 is 12.1. The number of benzene rings is 1. The summed E-state index contributed by atoms with van der Waals surface area (Å²) in [5, 5.41) is 10.3. The first-order valence-electron chi connectivity index (χ1n) is 9.17. The molecule has 0 saturated carbocycles. The van der Waals surface area contributed by atoms with E-state index >= 15 is 0 Å². The number of hydrogen-bond donors (Lipinski definition) is 2. The quantitative estimate of drug-likeness (QED) is 0.443. The van der Waals surface area contributed by atoms with Crippen LogP contribution < -0.4 is 10.6 Å². The van der Waals surface area contributed by atoms with Gasteiger partial charge in [0.25, 0.3) is 5.91 Å². The first-order chi connectivity index (χ1) is 14.2. The molecule has 0 unspecified atom stereocenters. The third-order valence-corrected chi connectivity index (χ3v) is 4.36. The monoisotopic (exact) mass is 393 g/mol. The van der Waals surface area contributed by atoms with Crippen molar-refractivity contribution in [3.05, 3.63) is 72.4 Å². The smallest absolute Gasteiger partial charge is 0.315 e. The van der Waals surface area contributed by atoms with Gasteiger partial charge in [0.05, 0.1) is 6.26 Å². The van der Waals surface area contributed by atoms with E-state index in [0.717, 1.165) is 5.52 Å². The van der Waals surface area contributed by atoms with Crippen molar-refractivity contribution in [3.63, 3.8) is 0 Å². The van der Waals surface area contributed by atoms with Crippen LogP contribution in [-0.4, -0.2) is 39.6 Å². The normalized spacial score (nSPS) is 10.9. The molecule has 0 aliphatic rings. The summed E-state index contributed by atoms with van der Waals surface area (Å²) in [6, 6.07) is 13.3. The van der Waals surface area contributed by atoms with Crippen LogP contribution in [0.3, 0.4) is 0 Å². The summed E-state index contributed by atoms with van der Waals surface area (Å²) in [4.78, 5) is 27.9. The highest BCUT2D eigenvalue weighted by Gasteiger charge is 2.15. The van der Waals surface area contributed by atoms with Crippen molar-refractivity contribution in [1.82, 2.24) is 25.3 Å². The Labute approximate surface area is 165 Å². The molecule has 148 valence electrons. The highest BCUT2D eigenvalue weighted by atomic mass is 16.5. The van der Waals surface area contributed by atoms with E-state index in [1.165, 1.54) is 11.6 Å². The fourth-order valence-electron chi connectivity index (χ4n) is 2.93. The largest absolute Gasteiger partial charge is 0.459 e. The minimum atomic E-state index is -0.484. The summed E-state index contributed by atoms with van der Waals surface area (Å²) >= 11 is 0. The lowest BCUT2D eigenvalue weighted by atomic mass is 10.2. The molecule has 0 saturated heterocycles. The van der Waals surface area contributed by atoms with E-state index in [2.05, 4.69) is 43.5 Å². The summed E-state index contributed by atoms with van der Waals surface area (Å²) in [5.41, 5.74) is 1.13. The summed E-state index contributed by atoms with van der Waals surface area (Å²) in [7, 11) is 0. The predicted octanol–water partition coefficient (Wildman–Crippen LogP) is 2.02. The van der Waals surface area contributed by atoms with Gasteiger partial charge in [-0.2, -0.15) is 4.98 Å². The lowest BCUT2D eigenvalue weighted by Crippen LogP contribution is -2.34. The molecule has 3 heterocycles. The number of carbonyl (C=O) groups is 2. The number of aryl methyl sites for hydroxylation is 2. The van der Waals surface area contributed by atoms with Gasteiger partial charge < -0.3 is 24.1 Å². The molecule has 0 bridgehead atoms.